The van der Waals surface area contributed by atoms with Crippen molar-refractivity contribution < 1.29 is 27.6 Å². The van der Waals surface area contributed by atoms with E-state index < -0.39 is 50.1 Å². The van der Waals surface area contributed by atoms with Gasteiger partial charge in [0.25, 0.3) is 5.56 Å². The van der Waals surface area contributed by atoms with Gasteiger partial charge in [0.1, 0.15) is 18.4 Å². The van der Waals surface area contributed by atoms with Gasteiger partial charge in [0, 0.05) is 37.2 Å². The van der Waals surface area contributed by atoms with Gasteiger partial charge in [-0.15, -0.1) is 4.20 Å². The van der Waals surface area contributed by atoms with Crippen molar-refractivity contribution in [2.24, 2.45) is 0 Å². The molecule has 0 bridgehead atoms. The van der Waals surface area contributed by atoms with Crippen molar-refractivity contribution in [1.29, 1.82) is 0 Å². The molecule has 1 aliphatic heterocycles. The molecular weight excluding hydrogens is 420 g/mol. The fraction of sp³-hybridized carbons (Fsp3) is 0.722. The van der Waals surface area contributed by atoms with Crippen LogP contribution in [0, 0.1) is 6.92 Å². The minimum atomic E-state index is -4.65. The number of ether oxygens (including phenoxy) is 2. The molecule has 1 aromatic rings. The van der Waals surface area contributed by atoms with Crippen molar-refractivity contribution in [1.82, 2.24) is 14.2 Å². The average Bonchev–Trinajstić information content (AvgIpc) is 2.97. The predicted octanol–water partition coefficient (Wildman–Crippen LogP) is 2.28. The zero-order valence-corrected chi connectivity index (χ0v) is 18.9. The summed E-state index contributed by atoms with van der Waals surface area (Å²) in [6.07, 6.45) is -1.27. The lowest BCUT2D eigenvalue weighted by Gasteiger charge is -2.32. The molecule has 1 N–H and O–H groups in total. The number of carbonyl (C=O) groups is 1. The number of nitrogens with zero attached hydrogens (tertiary/aromatic N) is 2. The number of hydrogen-bond acceptors (Lipinski definition) is 7. The van der Waals surface area contributed by atoms with E-state index in [9.17, 15) is 23.1 Å². The molecule has 170 valence electrons. The van der Waals surface area contributed by atoms with Crippen LogP contribution in [0.25, 0.3) is 0 Å². The highest BCUT2D eigenvalue weighted by Crippen LogP contribution is 2.55. The first-order chi connectivity index (χ1) is 13.8. The SMILES string of the molecule is CC(=O)O[C@H]1C[C@H](n2cc(C)c(=O)[nH]c2=O)O[C@@H]1COP(=O)(F)N(C(C)C)C(C)C. The number of rotatable bonds is 8. The van der Waals surface area contributed by atoms with Crippen LogP contribution in [0.5, 0.6) is 0 Å². The fourth-order valence-corrected chi connectivity index (χ4v) is 5.11. The first-order valence-electron chi connectivity index (χ1n) is 9.71. The van der Waals surface area contributed by atoms with E-state index >= 15 is 0 Å². The maximum absolute atomic E-state index is 14.9. The Labute approximate surface area is 173 Å². The number of esters is 1. The van der Waals surface area contributed by atoms with Gasteiger partial charge in [-0.25, -0.2) is 14.0 Å². The number of H-pyrrole nitrogens is 1. The third kappa shape index (κ3) is 5.66. The molecule has 0 aliphatic carbocycles. The number of nitrogens with one attached hydrogen (secondary N) is 1. The van der Waals surface area contributed by atoms with Crippen molar-refractivity contribution >= 4 is 13.8 Å². The summed E-state index contributed by atoms with van der Waals surface area (Å²) in [5.74, 6) is -0.589. The summed E-state index contributed by atoms with van der Waals surface area (Å²) in [4.78, 5) is 37.4. The van der Waals surface area contributed by atoms with Gasteiger partial charge in [-0.3, -0.25) is 23.7 Å². The molecule has 4 atom stereocenters. The van der Waals surface area contributed by atoms with E-state index in [-0.39, 0.29) is 18.5 Å². The van der Waals surface area contributed by atoms with Gasteiger partial charge < -0.3 is 9.47 Å². The minimum absolute atomic E-state index is 0.0770. The number of carbonyl (C=O) groups excluding carboxylic acids is 1. The van der Waals surface area contributed by atoms with Crippen molar-refractivity contribution in [2.45, 2.75) is 78.5 Å². The summed E-state index contributed by atoms with van der Waals surface area (Å²) in [5, 5.41) is 0. The molecule has 0 spiro atoms. The van der Waals surface area contributed by atoms with Crippen LogP contribution in [0.3, 0.4) is 0 Å². The predicted molar refractivity (Wildman–Crippen MR) is 107 cm³/mol. The number of halogens is 1. The largest absolute Gasteiger partial charge is 0.460 e. The Hall–Kier alpha value is -1.81. The lowest BCUT2D eigenvalue weighted by atomic mass is 10.2. The molecule has 10 nitrogen and oxygen atoms in total. The van der Waals surface area contributed by atoms with Crippen LogP contribution < -0.4 is 11.2 Å². The van der Waals surface area contributed by atoms with Crippen LogP contribution in [0.2, 0.25) is 0 Å². The first-order valence-corrected chi connectivity index (χ1v) is 11.2. The lowest BCUT2D eigenvalue weighted by Crippen LogP contribution is -2.36. The Kier molecular flexibility index (Phi) is 7.79. The lowest BCUT2D eigenvalue weighted by molar-refractivity contribution is -0.150. The van der Waals surface area contributed by atoms with Gasteiger partial charge >= 0.3 is 19.5 Å². The van der Waals surface area contributed by atoms with Crippen molar-refractivity contribution in [3.8, 4) is 0 Å². The standard InChI is InChI=1S/C18H29FN3O7P/c1-10(2)22(11(3)4)30(19,26)27-9-15-14(28-13(6)23)7-16(29-15)21-8-12(5)17(24)20-18(21)25/h8,10-11,14-16H,7,9H2,1-6H3,(H,20,24,25)/t14-,15+,16+,30?/m0/s1. The molecule has 0 radical (unpaired) electrons. The Morgan fingerprint density at radius 2 is 1.97 bits per heavy atom. The molecule has 1 aromatic heterocycles. The van der Waals surface area contributed by atoms with E-state index in [0.717, 1.165) is 9.24 Å². The molecule has 1 saturated heterocycles. The third-order valence-corrected chi connectivity index (χ3v) is 6.63. The molecular formula is C18H29FN3O7P. The zero-order chi connectivity index (χ0) is 22.8. The van der Waals surface area contributed by atoms with Gasteiger partial charge in [0.15, 0.2) is 0 Å². The molecule has 30 heavy (non-hydrogen) atoms. The molecule has 1 unspecified atom stereocenters. The topological polar surface area (TPSA) is 120 Å². The minimum Gasteiger partial charge on any atom is -0.460 e. The van der Waals surface area contributed by atoms with E-state index in [0.29, 0.717) is 5.56 Å². The Morgan fingerprint density at radius 1 is 1.37 bits per heavy atom. The Bertz CT molecular complexity index is 921. The monoisotopic (exact) mass is 449 g/mol. The Balaban J connectivity index is 2.22. The van der Waals surface area contributed by atoms with Crippen molar-refractivity contribution in [3.63, 3.8) is 0 Å². The molecule has 2 rings (SSSR count). The second-order valence-corrected chi connectivity index (χ2v) is 9.43. The number of aromatic amines is 1. The van der Waals surface area contributed by atoms with E-state index in [4.69, 9.17) is 14.0 Å². The van der Waals surface area contributed by atoms with Gasteiger partial charge in [0.2, 0.25) is 0 Å². The van der Waals surface area contributed by atoms with Gasteiger partial charge in [-0.2, -0.15) is 0 Å². The van der Waals surface area contributed by atoms with Crippen molar-refractivity contribution in [2.75, 3.05) is 6.61 Å². The number of hydrogen-bond donors (Lipinski definition) is 1. The zero-order valence-electron chi connectivity index (χ0n) is 18.0. The van der Waals surface area contributed by atoms with E-state index in [2.05, 4.69) is 4.98 Å². The first kappa shape index (κ1) is 24.5. The summed E-state index contributed by atoms with van der Waals surface area (Å²) in [6, 6.07) is -0.741. The van der Waals surface area contributed by atoms with Gasteiger partial charge in [-0.05, 0) is 34.6 Å². The summed E-state index contributed by atoms with van der Waals surface area (Å²) < 4.78 is 45.8. The molecule has 0 saturated carbocycles. The smallest absolute Gasteiger partial charge is 0.445 e. The quantitative estimate of drug-likeness (QED) is 0.474. The second-order valence-electron chi connectivity index (χ2n) is 7.81. The summed E-state index contributed by atoms with van der Waals surface area (Å²) in [7, 11) is -4.65. The van der Waals surface area contributed by atoms with Gasteiger partial charge in [0.05, 0.1) is 6.61 Å². The fourth-order valence-electron chi connectivity index (χ4n) is 3.54. The number of aryl methyl sites for hydroxylation is 1. The third-order valence-electron chi connectivity index (χ3n) is 4.69. The maximum Gasteiger partial charge on any atom is 0.445 e. The van der Waals surface area contributed by atoms with Crippen LogP contribution in [0.4, 0.5) is 4.20 Å². The van der Waals surface area contributed by atoms with Crippen molar-refractivity contribution in [3.05, 3.63) is 32.6 Å². The molecule has 1 fully saturated rings. The highest BCUT2D eigenvalue weighted by Gasteiger charge is 2.43. The van der Waals surface area contributed by atoms with Crippen LogP contribution in [-0.4, -0.2) is 51.1 Å². The molecule has 2 heterocycles. The molecule has 1 aliphatic rings. The second kappa shape index (κ2) is 9.55. The normalized spacial score (nSPS) is 23.9. The maximum atomic E-state index is 14.9. The summed E-state index contributed by atoms with van der Waals surface area (Å²) in [5.41, 5.74) is -0.924. The average molecular weight is 449 g/mol. The van der Waals surface area contributed by atoms with E-state index in [1.165, 1.54) is 20.0 Å². The highest BCUT2D eigenvalue weighted by molar-refractivity contribution is 7.50. The highest BCUT2D eigenvalue weighted by atomic mass is 31.2. The van der Waals surface area contributed by atoms with Crippen LogP contribution in [0.15, 0.2) is 15.8 Å². The van der Waals surface area contributed by atoms with E-state index in [1.54, 1.807) is 27.7 Å². The molecule has 12 heteroatoms. The number of aromatic nitrogens is 2. The molecule has 0 aromatic carbocycles. The van der Waals surface area contributed by atoms with Crippen LogP contribution in [0.1, 0.15) is 52.8 Å². The van der Waals surface area contributed by atoms with E-state index in [1.807, 2.05) is 0 Å². The Morgan fingerprint density at radius 3 is 2.50 bits per heavy atom. The summed E-state index contributed by atoms with van der Waals surface area (Å²) >= 11 is 0. The van der Waals surface area contributed by atoms with Gasteiger partial charge in [-0.1, -0.05) is 0 Å². The van der Waals surface area contributed by atoms with Crippen LogP contribution >= 0.6 is 7.83 Å². The molecule has 0 amide bonds. The summed E-state index contributed by atoms with van der Waals surface area (Å²) in [6.45, 7) is 9.08. The van der Waals surface area contributed by atoms with Crippen LogP contribution in [-0.2, 0) is 23.4 Å².